The molecule has 0 unspecified atom stereocenters. The second kappa shape index (κ2) is 16.5. The van der Waals surface area contributed by atoms with Crippen molar-refractivity contribution < 1.29 is 19.4 Å². The second-order valence-corrected chi connectivity index (χ2v) is 12.5. The van der Waals surface area contributed by atoms with Gasteiger partial charge in [-0.25, -0.2) is 9.59 Å². The molecule has 0 heterocycles. The normalized spacial score (nSPS) is 15.5. The van der Waals surface area contributed by atoms with Crippen LogP contribution in [0.2, 0.25) is 0 Å². The highest BCUT2D eigenvalue weighted by molar-refractivity contribution is 5.91. The van der Waals surface area contributed by atoms with Gasteiger partial charge in [-0.1, -0.05) is 37.6 Å². The zero-order valence-electron chi connectivity index (χ0n) is 27.4. The molecule has 0 aliphatic heterocycles. The molecule has 42 heavy (non-hydrogen) atoms. The Morgan fingerprint density at radius 2 is 1.64 bits per heavy atom. The highest BCUT2D eigenvalue weighted by Crippen LogP contribution is 2.36. The number of amides is 1. The maximum Gasteiger partial charge on any atom is 0.414 e. The van der Waals surface area contributed by atoms with Gasteiger partial charge in [0.15, 0.2) is 0 Å². The first-order valence-corrected chi connectivity index (χ1v) is 15.6. The molecule has 2 aliphatic carbocycles. The third kappa shape index (κ3) is 12.4. The van der Waals surface area contributed by atoms with Crippen molar-refractivity contribution in [2.75, 3.05) is 38.1 Å². The standard InChI is InChI=1S/C20H34N2.C15H21NO4/c1-6-21(5)14-18(8-7-17(4)19-9-10-19)15-22(13-16(2)3)20-11-12-20;1-5-15(3,4)20-14(19)16(6-2)12-9-7-11(8-10-12)13(17)18/h7,15,19-20H,2,6,8-14H2,1,3-5H3;7-10H,5-6H2,1-4H3,(H,17,18)/b17-7+,18-15+;. The summed E-state index contributed by atoms with van der Waals surface area (Å²) in [4.78, 5) is 29.4. The van der Waals surface area contributed by atoms with Crippen LogP contribution >= 0.6 is 0 Å². The molecule has 0 saturated heterocycles. The van der Waals surface area contributed by atoms with E-state index < -0.39 is 17.7 Å². The minimum Gasteiger partial charge on any atom is -0.478 e. The van der Waals surface area contributed by atoms with Crippen LogP contribution in [0.25, 0.3) is 0 Å². The fourth-order valence-electron chi connectivity index (χ4n) is 4.41. The first-order valence-electron chi connectivity index (χ1n) is 15.6. The van der Waals surface area contributed by atoms with Gasteiger partial charge in [0.2, 0.25) is 0 Å². The molecule has 1 aromatic rings. The van der Waals surface area contributed by atoms with Crippen molar-refractivity contribution in [1.82, 2.24) is 9.80 Å². The summed E-state index contributed by atoms with van der Waals surface area (Å²) in [5, 5.41) is 8.86. The number of carboxylic acids is 1. The Morgan fingerprint density at radius 3 is 2.10 bits per heavy atom. The molecule has 1 aromatic carbocycles. The van der Waals surface area contributed by atoms with E-state index in [0.29, 0.717) is 18.7 Å². The lowest BCUT2D eigenvalue weighted by molar-refractivity contribution is 0.0413. The van der Waals surface area contributed by atoms with Gasteiger partial charge in [-0.15, -0.1) is 0 Å². The largest absolute Gasteiger partial charge is 0.478 e. The number of likely N-dealkylation sites (N-methyl/N-ethyl adjacent to an activating group) is 1. The zero-order chi connectivity index (χ0) is 31.4. The fraction of sp³-hybridized carbons (Fsp3) is 0.600. The number of hydrogen-bond donors (Lipinski definition) is 1. The fourth-order valence-corrected chi connectivity index (χ4v) is 4.41. The zero-order valence-corrected chi connectivity index (χ0v) is 27.4. The minimum absolute atomic E-state index is 0.187. The summed E-state index contributed by atoms with van der Waals surface area (Å²) in [6.45, 7) is 21.9. The molecule has 1 amide bonds. The smallest absolute Gasteiger partial charge is 0.414 e. The highest BCUT2D eigenvalue weighted by Gasteiger charge is 2.28. The van der Waals surface area contributed by atoms with E-state index >= 15 is 0 Å². The van der Waals surface area contributed by atoms with Crippen LogP contribution in [0, 0.1) is 5.92 Å². The number of aromatic carboxylic acids is 1. The van der Waals surface area contributed by atoms with Crippen LogP contribution < -0.4 is 4.90 Å². The van der Waals surface area contributed by atoms with Gasteiger partial charge in [-0.3, -0.25) is 4.90 Å². The predicted octanol–water partition coefficient (Wildman–Crippen LogP) is 8.15. The Hall–Kier alpha value is -3.06. The number of anilines is 1. The summed E-state index contributed by atoms with van der Waals surface area (Å²) >= 11 is 0. The van der Waals surface area contributed by atoms with Crippen molar-refractivity contribution >= 4 is 17.7 Å². The summed E-state index contributed by atoms with van der Waals surface area (Å²) in [7, 11) is 2.21. The molecule has 3 rings (SSSR count). The van der Waals surface area contributed by atoms with Gasteiger partial charge in [0.1, 0.15) is 5.60 Å². The quantitative estimate of drug-likeness (QED) is 0.211. The third-order valence-electron chi connectivity index (χ3n) is 7.91. The summed E-state index contributed by atoms with van der Waals surface area (Å²) in [5.41, 5.74) is 4.68. The van der Waals surface area contributed by atoms with Gasteiger partial charge in [0, 0.05) is 37.6 Å². The van der Waals surface area contributed by atoms with E-state index in [2.05, 4.69) is 56.5 Å². The molecule has 2 aliphatic rings. The van der Waals surface area contributed by atoms with Crippen LogP contribution in [0.1, 0.15) is 97.3 Å². The minimum atomic E-state index is -0.991. The van der Waals surface area contributed by atoms with E-state index in [1.807, 2.05) is 27.7 Å². The average molecular weight is 582 g/mol. The number of rotatable bonds is 15. The maximum atomic E-state index is 12.2. The van der Waals surface area contributed by atoms with E-state index in [0.717, 1.165) is 38.0 Å². The molecule has 0 bridgehead atoms. The molecular weight excluding hydrogens is 526 g/mol. The molecule has 0 radical (unpaired) electrons. The van der Waals surface area contributed by atoms with Gasteiger partial charge < -0.3 is 19.6 Å². The van der Waals surface area contributed by atoms with Crippen LogP contribution in [-0.2, 0) is 4.74 Å². The molecular formula is C35H55N3O4. The number of nitrogens with zero attached hydrogens (tertiary/aromatic N) is 3. The van der Waals surface area contributed by atoms with Crippen molar-refractivity contribution in [2.24, 2.45) is 5.92 Å². The van der Waals surface area contributed by atoms with Crippen LogP contribution in [0.3, 0.4) is 0 Å². The Bertz CT molecular complexity index is 1100. The third-order valence-corrected chi connectivity index (χ3v) is 7.91. The Kier molecular flexibility index (Phi) is 13.8. The van der Waals surface area contributed by atoms with Crippen molar-refractivity contribution in [3.8, 4) is 0 Å². The Morgan fingerprint density at radius 1 is 1.02 bits per heavy atom. The van der Waals surface area contributed by atoms with Gasteiger partial charge in [-0.2, -0.15) is 0 Å². The van der Waals surface area contributed by atoms with Crippen molar-refractivity contribution in [3.05, 3.63) is 65.4 Å². The summed E-state index contributed by atoms with van der Waals surface area (Å²) in [6, 6.07) is 6.91. The highest BCUT2D eigenvalue weighted by atomic mass is 16.6. The molecule has 0 spiro atoms. The summed E-state index contributed by atoms with van der Waals surface area (Å²) in [5.74, 6) is -0.102. The van der Waals surface area contributed by atoms with Gasteiger partial charge in [0.05, 0.1) is 5.56 Å². The first kappa shape index (κ1) is 35.1. The lowest BCUT2D eigenvalue weighted by Crippen LogP contribution is -2.37. The van der Waals surface area contributed by atoms with Crippen LogP contribution in [0.4, 0.5) is 10.5 Å². The van der Waals surface area contributed by atoms with Gasteiger partial charge >= 0.3 is 12.1 Å². The number of carbonyl (C=O) groups is 2. The Balaban J connectivity index is 0.000000295. The van der Waals surface area contributed by atoms with E-state index in [9.17, 15) is 9.59 Å². The molecule has 1 N–H and O–H groups in total. The number of carboxylic acid groups (broad SMARTS) is 1. The molecule has 2 fully saturated rings. The molecule has 0 aromatic heterocycles. The number of benzene rings is 1. The number of ether oxygens (including phenoxy) is 1. The molecule has 2 saturated carbocycles. The van der Waals surface area contributed by atoms with Crippen LogP contribution in [-0.4, -0.2) is 71.8 Å². The number of carbonyl (C=O) groups excluding carboxylic acids is 1. The lowest BCUT2D eigenvalue weighted by Gasteiger charge is -2.28. The van der Waals surface area contributed by atoms with Gasteiger partial charge in [0.25, 0.3) is 0 Å². The monoisotopic (exact) mass is 581 g/mol. The first-order chi connectivity index (χ1) is 19.8. The van der Waals surface area contributed by atoms with Crippen LogP contribution in [0.15, 0.2) is 59.8 Å². The van der Waals surface area contributed by atoms with E-state index in [1.54, 1.807) is 17.7 Å². The topological polar surface area (TPSA) is 73.3 Å². The van der Waals surface area contributed by atoms with E-state index in [-0.39, 0.29) is 5.56 Å². The molecule has 234 valence electrons. The van der Waals surface area contributed by atoms with Crippen molar-refractivity contribution in [1.29, 1.82) is 0 Å². The maximum absolute atomic E-state index is 12.2. The molecule has 7 nitrogen and oxygen atoms in total. The van der Waals surface area contributed by atoms with Crippen LogP contribution in [0.5, 0.6) is 0 Å². The number of hydrogen-bond acceptors (Lipinski definition) is 5. The lowest BCUT2D eigenvalue weighted by atomic mass is 10.1. The van der Waals surface area contributed by atoms with Gasteiger partial charge in [-0.05, 0) is 122 Å². The SMILES string of the molecule is C=C(C)CN(/C=C(\C/C=C(\C)C1CC1)CN(C)CC)C1CC1.CCN(C(=O)OC(C)(C)CC)c1ccc(C(=O)O)cc1. The van der Waals surface area contributed by atoms with Crippen molar-refractivity contribution in [3.63, 3.8) is 0 Å². The molecule has 7 heteroatoms. The van der Waals surface area contributed by atoms with E-state index in [4.69, 9.17) is 9.84 Å². The van der Waals surface area contributed by atoms with Crippen molar-refractivity contribution in [2.45, 2.75) is 98.6 Å². The van der Waals surface area contributed by atoms with E-state index in [1.165, 1.54) is 53.9 Å². The summed E-state index contributed by atoms with van der Waals surface area (Å²) in [6.07, 6.45) is 11.8. The Labute approximate surface area is 254 Å². The summed E-state index contributed by atoms with van der Waals surface area (Å²) < 4.78 is 5.44. The second-order valence-electron chi connectivity index (χ2n) is 12.5. The number of allylic oxidation sites excluding steroid dienone is 2. The molecule has 0 atom stereocenters. The predicted molar refractivity (Wildman–Crippen MR) is 174 cm³/mol. The average Bonchev–Trinajstić information content (AvgIpc) is 3.85.